The molecule has 0 radical (unpaired) electrons. The average Bonchev–Trinajstić information content (AvgIpc) is 2.26. The van der Waals surface area contributed by atoms with E-state index in [1.165, 1.54) is 22.5 Å². The molecule has 1 aromatic carbocycles. The standard InChI is InChI=1S/C12H14FNO4S/c1-8(12(15)16)9-6-14(7-9)19(17,18)11-4-2-3-10(13)5-11/h2-5,8-9H,6-7H2,1H3,(H,15,16). The van der Waals surface area contributed by atoms with Crippen molar-refractivity contribution < 1.29 is 22.7 Å². The molecule has 0 spiro atoms. The largest absolute Gasteiger partial charge is 0.481 e. The normalized spacial score (nSPS) is 18.8. The van der Waals surface area contributed by atoms with Crippen molar-refractivity contribution in [2.24, 2.45) is 11.8 Å². The summed E-state index contributed by atoms with van der Waals surface area (Å²) in [6.45, 7) is 1.87. The van der Waals surface area contributed by atoms with Crippen LogP contribution in [0.4, 0.5) is 4.39 Å². The van der Waals surface area contributed by atoms with Crippen LogP contribution in [0.15, 0.2) is 29.2 Å². The van der Waals surface area contributed by atoms with Gasteiger partial charge in [-0.3, -0.25) is 4.79 Å². The molecular weight excluding hydrogens is 273 g/mol. The van der Waals surface area contributed by atoms with Gasteiger partial charge in [-0.15, -0.1) is 0 Å². The van der Waals surface area contributed by atoms with Gasteiger partial charge in [0.1, 0.15) is 5.82 Å². The molecule has 1 N–H and O–H groups in total. The summed E-state index contributed by atoms with van der Waals surface area (Å²) < 4.78 is 38.4. The van der Waals surface area contributed by atoms with E-state index in [0.29, 0.717) is 0 Å². The zero-order chi connectivity index (χ0) is 14.2. The second-order valence-electron chi connectivity index (χ2n) is 4.67. The lowest BCUT2D eigenvalue weighted by atomic mass is 9.89. The minimum absolute atomic E-state index is 0.103. The first kappa shape index (κ1) is 14.0. The highest BCUT2D eigenvalue weighted by Gasteiger charge is 2.41. The summed E-state index contributed by atoms with van der Waals surface area (Å²) in [5, 5.41) is 8.84. The number of hydrogen-bond donors (Lipinski definition) is 1. The summed E-state index contributed by atoms with van der Waals surface area (Å²) in [6.07, 6.45) is 0. The third-order valence-corrected chi connectivity index (χ3v) is 5.23. The Bertz CT molecular complexity index is 596. The van der Waals surface area contributed by atoms with Crippen LogP contribution < -0.4 is 0 Å². The lowest BCUT2D eigenvalue weighted by molar-refractivity contribution is -0.144. The van der Waals surface area contributed by atoms with E-state index in [9.17, 15) is 17.6 Å². The molecule has 19 heavy (non-hydrogen) atoms. The molecule has 0 aliphatic carbocycles. The van der Waals surface area contributed by atoms with Crippen LogP contribution in [0, 0.1) is 17.7 Å². The van der Waals surface area contributed by atoms with Gasteiger partial charge in [0.25, 0.3) is 0 Å². The number of sulfonamides is 1. The summed E-state index contributed by atoms with van der Waals surface area (Å²) >= 11 is 0. The lowest BCUT2D eigenvalue weighted by Crippen LogP contribution is -2.53. The molecule has 2 rings (SSSR count). The maximum atomic E-state index is 13.0. The highest BCUT2D eigenvalue weighted by Crippen LogP contribution is 2.29. The molecule has 1 aliphatic rings. The van der Waals surface area contributed by atoms with Crippen molar-refractivity contribution in [2.45, 2.75) is 11.8 Å². The van der Waals surface area contributed by atoms with Crippen molar-refractivity contribution in [3.8, 4) is 0 Å². The molecule has 0 bridgehead atoms. The Morgan fingerprint density at radius 1 is 1.47 bits per heavy atom. The fraction of sp³-hybridized carbons (Fsp3) is 0.417. The molecule has 1 aliphatic heterocycles. The number of carboxylic acid groups (broad SMARTS) is 1. The van der Waals surface area contributed by atoms with Crippen LogP contribution in [0.2, 0.25) is 0 Å². The number of benzene rings is 1. The molecule has 104 valence electrons. The third-order valence-electron chi connectivity index (χ3n) is 3.41. The van der Waals surface area contributed by atoms with Gasteiger partial charge in [0.15, 0.2) is 0 Å². The minimum atomic E-state index is -3.72. The monoisotopic (exact) mass is 287 g/mol. The Labute approximate surface area is 110 Å². The van der Waals surface area contributed by atoms with Crippen LogP contribution >= 0.6 is 0 Å². The van der Waals surface area contributed by atoms with Crippen LogP contribution in [0.25, 0.3) is 0 Å². The Balaban J connectivity index is 2.11. The summed E-state index contributed by atoms with van der Waals surface area (Å²) in [5.74, 6) is -2.33. The van der Waals surface area contributed by atoms with E-state index < -0.39 is 27.7 Å². The molecule has 1 atom stereocenters. The molecule has 7 heteroatoms. The molecule has 5 nitrogen and oxygen atoms in total. The predicted octanol–water partition coefficient (Wildman–Crippen LogP) is 1.17. The average molecular weight is 287 g/mol. The maximum absolute atomic E-state index is 13.0. The van der Waals surface area contributed by atoms with E-state index in [1.54, 1.807) is 6.92 Å². The third kappa shape index (κ3) is 2.62. The van der Waals surface area contributed by atoms with E-state index in [1.807, 2.05) is 0 Å². The van der Waals surface area contributed by atoms with E-state index in [-0.39, 0.29) is 23.9 Å². The molecule has 1 unspecified atom stereocenters. The number of aliphatic carboxylic acids is 1. The van der Waals surface area contributed by atoms with E-state index in [0.717, 1.165) is 6.07 Å². The minimum Gasteiger partial charge on any atom is -0.481 e. The molecule has 1 aromatic rings. The number of hydrogen-bond acceptors (Lipinski definition) is 3. The predicted molar refractivity (Wildman–Crippen MR) is 65.4 cm³/mol. The molecule has 1 saturated heterocycles. The van der Waals surface area contributed by atoms with Gasteiger partial charge >= 0.3 is 5.97 Å². The van der Waals surface area contributed by atoms with Crippen LogP contribution in [0.1, 0.15) is 6.92 Å². The van der Waals surface area contributed by atoms with Crippen LogP contribution in [0.5, 0.6) is 0 Å². The number of rotatable bonds is 4. The number of halogens is 1. The van der Waals surface area contributed by atoms with Gasteiger partial charge in [0.2, 0.25) is 10.0 Å². The Morgan fingerprint density at radius 2 is 2.11 bits per heavy atom. The van der Waals surface area contributed by atoms with Crippen LogP contribution in [-0.2, 0) is 14.8 Å². The van der Waals surface area contributed by atoms with Crippen molar-refractivity contribution in [2.75, 3.05) is 13.1 Å². The maximum Gasteiger partial charge on any atom is 0.306 e. The van der Waals surface area contributed by atoms with Gasteiger partial charge in [-0.2, -0.15) is 4.31 Å². The number of nitrogens with zero attached hydrogens (tertiary/aromatic N) is 1. The second kappa shape index (κ2) is 4.90. The van der Waals surface area contributed by atoms with Gasteiger partial charge in [0, 0.05) is 13.1 Å². The van der Waals surface area contributed by atoms with Gasteiger partial charge in [0.05, 0.1) is 10.8 Å². The van der Waals surface area contributed by atoms with Crippen molar-refractivity contribution in [3.05, 3.63) is 30.1 Å². The summed E-state index contributed by atoms with van der Waals surface area (Å²) in [7, 11) is -3.72. The first-order chi connectivity index (χ1) is 8.82. The molecular formula is C12H14FNO4S. The fourth-order valence-corrected chi connectivity index (χ4v) is 3.55. The highest BCUT2D eigenvalue weighted by atomic mass is 32.2. The first-order valence-electron chi connectivity index (χ1n) is 5.81. The Hall–Kier alpha value is -1.47. The topological polar surface area (TPSA) is 74.7 Å². The van der Waals surface area contributed by atoms with Crippen LogP contribution in [0.3, 0.4) is 0 Å². The Kier molecular flexibility index (Phi) is 3.60. The van der Waals surface area contributed by atoms with Gasteiger partial charge < -0.3 is 5.11 Å². The molecule has 0 aromatic heterocycles. The van der Waals surface area contributed by atoms with Crippen molar-refractivity contribution in [1.29, 1.82) is 0 Å². The lowest BCUT2D eigenvalue weighted by Gasteiger charge is -2.39. The summed E-state index contributed by atoms with van der Waals surface area (Å²) in [5.41, 5.74) is 0. The molecule has 1 heterocycles. The summed E-state index contributed by atoms with van der Waals surface area (Å²) in [6, 6.07) is 4.79. The van der Waals surface area contributed by atoms with E-state index >= 15 is 0 Å². The van der Waals surface area contributed by atoms with Crippen molar-refractivity contribution in [1.82, 2.24) is 4.31 Å². The molecule has 0 amide bonds. The van der Waals surface area contributed by atoms with Gasteiger partial charge in [-0.1, -0.05) is 13.0 Å². The quantitative estimate of drug-likeness (QED) is 0.902. The molecule has 0 saturated carbocycles. The van der Waals surface area contributed by atoms with Crippen molar-refractivity contribution >= 4 is 16.0 Å². The fourth-order valence-electron chi connectivity index (χ4n) is 1.96. The zero-order valence-electron chi connectivity index (χ0n) is 10.3. The van der Waals surface area contributed by atoms with Gasteiger partial charge in [-0.05, 0) is 24.1 Å². The smallest absolute Gasteiger partial charge is 0.306 e. The van der Waals surface area contributed by atoms with Gasteiger partial charge in [-0.25, -0.2) is 12.8 Å². The van der Waals surface area contributed by atoms with E-state index in [4.69, 9.17) is 5.11 Å². The summed E-state index contributed by atoms with van der Waals surface area (Å²) in [4.78, 5) is 10.7. The highest BCUT2D eigenvalue weighted by molar-refractivity contribution is 7.89. The van der Waals surface area contributed by atoms with Crippen molar-refractivity contribution in [3.63, 3.8) is 0 Å². The SMILES string of the molecule is CC(C(=O)O)C1CN(S(=O)(=O)c2cccc(F)c2)C1. The second-order valence-corrected chi connectivity index (χ2v) is 6.60. The Morgan fingerprint density at radius 3 is 2.63 bits per heavy atom. The number of carbonyl (C=O) groups is 1. The number of carboxylic acids is 1. The van der Waals surface area contributed by atoms with E-state index in [2.05, 4.69) is 0 Å². The first-order valence-corrected chi connectivity index (χ1v) is 7.25. The van der Waals surface area contributed by atoms with Crippen LogP contribution in [-0.4, -0.2) is 36.9 Å². The zero-order valence-corrected chi connectivity index (χ0v) is 11.1. The molecule has 1 fully saturated rings.